The van der Waals surface area contributed by atoms with Crippen LogP contribution < -0.4 is 5.73 Å². The molecule has 0 aliphatic heterocycles. The Labute approximate surface area is 109 Å². The Morgan fingerprint density at radius 3 is 2.67 bits per heavy atom. The predicted molar refractivity (Wildman–Crippen MR) is 74.8 cm³/mol. The van der Waals surface area contributed by atoms with Crippen LogP contribution in [-0.2, 0) is 0 Å². The van der Waals surface area contributed by atoms with E-state index in [1.807, 2.05) is 42.6 Å². The molecule has 2 heterocycles. The van der Waals surface area contributed by atoms with Gasteiger partial charge in [0.15, 0.2) is 5.82 Å². The van der Waals surface area contributed by atoms with Gasteiger partial charge in [-0.05, 0) is 18.2 Å². The lowest BCUT2D eigenvalue weighted by molar-refractivity contribution is 0.874. The lowest BCUT2D eigenvalue weighted by Gasteiger charge is -2.03. The summed E-state index contributed by atoms with van der Waals surface area (Å²) < 4.78 is 1.79. The van der Waals surface area contributed by atoms with Crippen molar-refractivity contribution in [3.63, 3.8) is 0 Å². The van der Waals surface area contributed by atoms with Crippen molar-refractivity contribution in [2.45, 2.75) is 0 Å². The Bertz CT molecular complexity index is 715. The van der Waals surface area contributed by atoms with Gasteiger partial charge >= 0.3 is 0 Å². The molecule has 0 saturated carbocycles. The van der Waals surface area contributed by atoms with Gasteiger partial charge in [0.1, 0.15) is 4.99 Å². The molecule has 0 atom stereocenters. The van der Waals surface area contributed by atoms with Crippen LogP contribution in [0.5, 0.6) is 0 Å². The van der Waals surface area contributed by atoms with Gasteiger partial charge in [0.25, 0.3) is 0 Å². The minimum atomic E-state index is 0.347. The third-order valence-corrected chi connectivity index (χ3v) is 2.96. The van der Waals surface area contributed by atoms with E-state index in [4.69, 9.17) is 18.0 Å². The predicted octanol–water partition coefficient (Wildman–Crippen LogP) is 2.05. The normalized spacial score (nSPS) is 10.7. The van der Waals surface area contributed by atoms with E-state index >= 15 is 0 Å². The number of thiocarbonyl (C=S) groups is 1. The molecule has 5 heteroatoms. The average molecular weight is 254 g/mol. The third-order valence-electron chi connectivity index (χ3n) is 2.73. The van der Waals surface area contributed by atoms with Gasteiger partial charge in [-0.15, -0.1) is 0 Å². The number of rotatable bonds is 2. The minimum absolute atomic E-state index is 0.347. The molecule has 88 valence electrons. The van der Waals surface area contributed by atoms with Gasteiger partial charge in [-0.2, -0.15) is 5.10 Å². The molecule has 1 aromatic carbocycles. The zero-order valence-electron chi connectivity index (χ0n) is 9.45. The maximum absolute atomic E-state index is 5.54. The van der Waals surface area contributed by atoms with E-state index in [1.165, 1.54) is 0 Å². The van der Waals surface area contributed by atoms with Crippen LogP contribution >= 0.6 is 12.2 Å². The second-order valence-corrected chi connectivity index (χ2v) is 4.32. The zero-order chi connectivity index (χ0) is 12.5. The molecule has 0 bridgehead atoms. The molecular weight excluding hydrogens is 244 g/mol. The first-order valence-electron chi connectivity index (χ1n) is 5.45. The summed E-state index contributed by atoms with van der Waals surface area (Å²) in [5.41, 5.74) is 7.32. The maximum Gasteiger partial charge on any atom is 0.154 e. The lowest BCUT2D eigenvalue weighted by Crippen LogP contribution is -2.10. The quantitative estimate of drug-likeness (QED) is 0.711. The molecule has 3 aromatic rings. The van der Waals surface area contributed by atoms with Crippen LogP contribution in [0.1, 0.15) is 5.56 Å². The van der Waals surface area contributed by atoms with Gasteiger partial charge in [0.2, 0.25) is 0 Å². The van der Waals surface area contributed by atoms with Crippen molar-refractivity contribution in [3.8, 4) is 5.82 Å². The van der Waals surface area contributed by atoms with Crippen molar-refractivity contribution in [2.75, 3.05) is 0 Å². The van der Waals surface area contributed by atoms with Crippen molar-refractivity contribution >= 4 is 28.1 Å². The molecule has 0 aliphatic carbocycles. The first-order chi connectivity index (χ1) is 8.75. The first-order valence-corrected chi connectivity index (χ1v) is 5.85. The Morgan fingerprint density at radius 2 is 1.94 bits per heavy atom. The fourth-order valence-corrected chi connectivity index (χ4v) is 1.93. The molecule has 3 rings (SSSR count). The Morgan fingerprint density at radius 1 is 1.11 bits per heavy atom. The fourth-order valence-electron chi connectivity index (χ4n) is 1.81. The first kappa shape index (κ1) is 10.9. The number of pyridine rings is 1. The molecular formula is C13H10N4S. The van der Waals surface area contributed by atoms with Gasteiger partial charge < -0.3 is 5.73 Å². The van der Waals surface area contributed by atoms with E-state index in [-0.39, 0.29) is 0 Å². The van der Waals surface area contributed by atoms with Gasteiger partial charge in [-0.3, -0.25) is 0 Å². The number of nitrogens with two attached hydrogens (primary N) is 1. The number of aromatic nitrogens is 3. The van der Waals surface area contributed by atoms with E-state index in [2.05, 4.69) is 10.1 Å². The monoisotopic (exact) mass is 254 g/mol. The molecule has 0 radical (unpaired) electrons. The minimum Gasteiger partial charge on any atom is -0.389 e. The number of para-hydroxylation sites is 1. The molecule has 2 N–H and O–H groups in total. The molecule has 0 aliphatic rings. The molecule has 18 heavy (non-hydrogen) atoms. The molecule has 4 nitrogen and oxygen atoms in total. The van der Waals surface area contributed by atoms with Crippen LogP contribution in [0.25, 0.3) is 16.7 Å². The molecule has 2 aromatic heterocycles. The molecule has 0 spiro atoms. The summed E-state index contributed by atoms with van der Waals surface area (Å²) in [4.78, 5) is 4.67. The molecule has 0 saturated heterocycles. The lowest BCUT2D eigenvalue weighted by atomic mass is 10.2. The molecule has 0 amide bonds. The van der Waals surface area contributed by atoms with Crippen molar-refractivity contribution in [1.29, 1.82) is 0 Å². The number of nitrogens with zero attached hydrogens (tertiary/aromatic N) is 3. The van der Waals surface area contributed by atoms with Crippen LogP contribution in [-0.4, -0.2) is 19.8 Å². The van der Waals surface area contributed by atoms with Crippen LogP contribution in [0.2, 0.25) is 0 Å². The topological polar surface area (TPSA) is 56.7 Å². The molecule has 0 unspecified atom stereocenters. The summed E-state index contributed by atoms with van der Waals surface area (Å²) in [6, 6.07) is 11.7. The molecule has 0 fully saturated rings. The van der Waals surface area contributed by atoms with Crippen LogP contribution in [0.4, 0.5) is 0 Å². The summed E-state index contributed by atoms with van der Waals surface area (Å²) >= 11 is 4.90. The highest BCUT2D eigenvalue weighted by Gasteiger charge is 2.05. The van der Waals surface area contributed by atoms with Crippen molar-refractivity contribution in [2.24, 2.45) is 5.73 Å². The maximum atomic E-state index is 5.54. The van der Waals surface area contributed by atoms with E-state index in [1.54, 1.807) is 10.9 Å². The highest BCUT2D eigenvalue weighted by Crippen LogP contribution is 2.16. The summed E-state index contributed by atoms with van der Waals surface area (Å²) in [6.07, 6.45) is 3.48. The number of benzene rings is 1. The Balaban J connectivity index is 2.12. The third kappa shape index (κ3) is 1.74. The largest absolute Gasteiger partial charge is 0.389 e. The van der Waals surface area contributed by atoms with Crippen LogP contribution in [0.15, 0.2) is 48.8 Å². The Hall–Kier alpha value is -2.27. The highest BCUT2D eigenvalue weighted by molar-refractivity contribution is 7.80. The second-order valence-electron chi connectivity index (χ2n) is 3.88. The summed E-state index contributed by atoms with van der Waals surface area (Å²) in [6.45, 7) is 0. The summed E-state index contributed by atoms with van der Waals surface area (Å²) in [7, 11) is 0. The number of fused-ring (bicyclic) bond motifs is 1. The van der Waals surface area contributed by atoms with Crippen molar-refractivity contribution < 1.29 is 0 Å². The van der Waals surface area contributed by atoms with Gasteiger partial charge in [-0.25, -0.2) is 9.67 Å². The number of hydrogen-bond acceptors (Lipinski definition) is 3. The van der Waals surface area contributed by atoms with E-state index in [9.17, 15) is 0 Å². The second kappa shape index (κ2) is 4.19. The van der Waals surface area contributed by atoms with E-state index in [0.29, 0.717) is 4.99 Å². The van der Waals surface area contributed by atoms with Crippen molar-refractivity contribution in [1.82, 2.24) is 14.8 Å². The Kier molecular flexibility index (Phi) is 2.53. The van der Waals surface area contributed by atoms with Crippen LogP contribution in [0.3, 0.4) is 0 Å². The fraction of sp³-hybridized carbons (Fsp3) is 0. The highest BCUT2D eigenvalue weighted by atomic mass is 32.1. The summed E-state index contributed by atoms with van der Waals surface area (Å²) in [5, 5.41) is 5.41. The number of hydrogen-bond donors (Lipinski definition) is 1. The van der Waals surface area contributed by atoms with Crippen molar-refractivity contribution in [3.05, 3.63) is 54.4 Å². The van der Waals surface area contributed by atoms with E-state index in [0.717, 1.165) is 22.3 Å². The SMILES string of the molecule is NC(=S)c1ccc(-n2ncc3ccccc32)nc1. The van der Waals surface area contributed by atoms with Gasteiger partial charge in [-0.1, -0.05) is 30.4 Å². The van der Waals surface area contributed by atoms with E-state index < -0.39 is 0 Å². The van der Waals surface area contributed by atoms with Crippen LogP contribution in [0, 0.1) is 0 Å². The average Bonchev–Trinajstić information content (AvgIpc) is 2.82. The summed E-state index contributed by atoms with van der Waals surface area (Å²) in [5.74, 6) is 0.746. The smallest absolute Gasteiger partial charge is 0.154 e. The standard InChI is InChI=1S/C13H10N4S/c14-13(18)10-5-6-12(15-7-10)17-11-4-2-1-3-9(11)8-16-17/h1-8H,(H2,14,18). The van der Waals surface area contributed by atoms with Gasteiger partial charge in [0.05, 0.1) is 11.7 Å². The zero-order valence-corrected chi connectivity index (χ0v) is 10.3. The van der Waals surface area contributed by atoms with Gasteiger partial charge in [0, 0.05) is 17.1 Å².